The molecule has 3 aliphatic heterocycles. The highest BCUT2D eigenvalue weighted by Gasteiger charge is 2.44. The minimum absolute atomic E-state index is 0.100. The lowest BCUT2D eigenvalue weighted by Gasteiger charge is -2.42. The van der Waals surface area contributed by atoms with E-state index in [0.29, 0.717) is 18.7 Å². The number of imide groups is 2. The Bertz CT molecular complexity index is 1190. The summed E-state index contributed by atoms with van der Waals surface area (Å²) in [5.74, 6) is -1.98. The third kappa shape index (κ3) is 4.69. The van der Waals surface area contributed by atoms with Crippen LogP contribution < -0.4 is 16.4 Å². The highest BCUT2D eigenvalue weighted by molar-refractivity contribution is 6.23. The van der Waals surface area contributed by atoms with E-state index in [1.807, 2.05) is 12.1 Å². The first-order valence-corrected chi connectivity index (χ1v) is 12.4. The van der Waals surface area contributed by atoms with Crippen LogP contribution >= 0.6 is 0 Å². The Morgan fingerprint density at radius 3 is 2.36 bits per heavy atom. The third-order valence-corrected chi connectivity index (χ3v) is 7.62. The molecule has 0 bridgehead atoms. The van der Waals surface area contributed by atoms with Crippen LogP contribution in [0.25, 0.3) is 0 Å². The summed E-state index contributed by atoms with van der Waals surface area (Å²) in [6.45, 7) is 3.83. The number of likely N-dealkylation sites (tertiary alicyclic amines) is 1. The van der Waals surface area contributed by atoms with Crippen molar-refractivity contribution in [3.63, 3.8) is 0 Å². The van der Waals surface area contributed by atoms with Crippen molar-refractivity contribution in [3.8, 4) is 0 Å². The summed E-state index contributed by atoms with van der Waals surface area (Å²) in [6, 6.07) is 14.7. The van der Waals surface area contributed by atoms with Gasteiger partial charge in [-0.1, -0.05) is 36.4 Å². The maximum atomic E-state index is 13.1. The molecular formula is C27H31N5O4. The van der Waals surface area contributed by atoms with E-state index >= 15 is 0 Å². The van der Waals surface area contributed by atoms with Crippen molar-refractivity contribution < 1.29 is 19.2 Å². The average molecular weight is 490 g/mol. The van der Waals surface area contributed by atoms with E-state index in [4.69, 9.17) is 5.73 Å². The third-order valence-electron chi connectivity index (χ3n) is 7.62. The largest absolute Gasteiger partial charge is 0.329 e. The van der Waals surface area contributed by atoms with Crippen LogP contribution in [0.4, 0.5) is 0 Å². The number of nitrogens with two attached hydrogens (primary N) is 1. The molecule has 188 valence electrons. The van der Waals surface area contributed by atoms with Crippen molar-refractivity contribution in [2.24, 2.45) is 5.73 Å². The fraction of sp³-hybridized carbons (Fsp3) is 0.407. The topological polar surface area (TPSA) is 125 Å². The Labute approximate surface area is 210 Å². The summed E-state index contributed by atoms with van der Waals surface area (Å²) in [4.78, 5) is 53.2. The molecule has 5 rings (SSSR count). The van der Waals surface area contributed by atoms with Crippen LogP contribution in [0.5, 0.6) is 0 Å². The number of hydrogen-bond acceptors (Lipinski definition) is 7. The maximum absolute atomic E-state index is 13.1. The minimum Gasteiger partial charge on any atom is -0.329 e. The Kier molecular flexibility index (Phi) is 6.70. The summed E-state index contributed by atoms with van der Waals surface area (Å²) in [5.41, 5.74) is 8.77. The molecule has 1 unspecified atom stereocenters. The van der Waals surface area contributed by atoms with Crippen molar-refractivity contribution in [1.29, 1.82) is 0 Å². The molecule has 9 heteroatoms. The van der Waals surface area contributed by atoms with Crippen LogP contribution in [-0.4, -0.2) is 64.6 Å². The number of piperidine rings is 2. The molecule has 2 saturated heterocycles. The molecule has 2 aromatic carbocycles. The number of amides is 4. The molecule has 0 spiro atoms. The predicted molar refractivity (Wildman–Crippen MR) is 133 cm³/mol. The average Bonchev–Trinajstić information content (AvgIpc) is 3.14. The van der Waals surface area contributed by atoms with Gasteiger partial charge in [-0.05, 0) is 42.5 Å². The zero-order chi connectivity index (χ0) is 25.3. The Morgan fingerprint density at radius 1 is 0.944 bits per heavy atom. The molecular weight excluding hydrogens is 458 g/mol. The first kappa shape index (κ1) is 24.3. The molecule has 0 aliphatic carbocycles. The summed E-state index contributed by atoms with van der Waals surface area (Å²) < 4.78 is 0. The fourth-order valence-electron chi connectivity index (χ4n) is 5.35. The van der Waals surface area contributed by atoms with Crippen molar-refractivity contribution >= 4 is 23.6 Å². The van der Waals surface area contributed by atoms with E-state index in [-0.39, 0.29) is 29.9 Å². The molecule has 2 aromatic rings. The molecule has 36 heavy (non-hydrogen) atoms. The number of nitrogens with one attached hydrogen (secondary N) is 2. The molecule has 3 heterocycles. The maximum Gasteiger partial charge on any atom is 0.262 e. The Hall–Kier alpha value is -3.40. The van der Waals surface area contributed by atoms with Gasteiger partial charge in [0.05, 0.1) is 11.1 Å². The molecule has 0 radical (unpaired) electrons. The summed E-state index contributed by atoms with van der Waals surface area (Å²) in [6.07, 6.45) is 2.08. The molecule has 4 N–H and O–H groups in total. The van der Waals surface area contributed by atoms with Gasteiger partial charge in [0.15, 0.2) is 0 Å². The lowest BCUT2D eigenvalue weighted by atomic mass is 9.87. The highest BCUT2D eigenvalue weighted by atomic mass is 16.2. The SMILES string of the molecule is NCC1(NCc2ccc3c(c2)C(=O)N(C2CCC(=O)NC2=O)C3=O)CCN(Cc2ccccc2)CC1. The van der Waals surface area contributed by atoms with Crippen molar-refractivity contribution in [2.75, 3.05) is 19.6 Å². The van der Waals surface area contributed by atoms with Gasteiger partial charge in [0.1, 0.15) is 6.04 Å². The van der Waals surface area contributed by atoms with Gasteiger partial charge >= 0.3 is 0 Å². The van der Waals surface area contributed by atoms with Gasteiger partial charge in [-0.15, -0.1) is 0 Å². The molecule has 0 saturated carbocycles. The zero-order valence-electron chi connectivity index (χ0n) is 20.2. The van der Waals surface area contributed by atoms with E-state index < -0.39 is 23.8 Å². The van der Waals surface area contributed by atoms with Gasteiger partial charge in [0.25, 0.3) is 11.8 Å². The summed E-state index contributed by atoms with van der Waals surface area (Å²) in [5, 5.41) is 5.85. The monoisotopic (exact) mass is 489 g/mol. The number of nitrogens with zero attached hydrogens (tertiary/aromatic N) is 2. The molecule has 3 aliphatic rings. The quantitative estimate of drug-likeness (QED) is 0.499. The summed E-state index contributed by atoms with van der Waals surface area (Å²) >= 11 is 0. The van der Waals surface area contributed by atoms with Crippen molar-refractivity contribution in [3.05, 3.63) is 70.8 Å². The van der Waals surface area contributed by atoms with Gasteiger partial charge in [-0.3, -0.25) is 34.3 Å². The first-order chi connectivity index (χ1) is 17.4. The number of hydrogen-bond donors (Lipinski definition) is 3. The van der Waals surface area contributed by atoms with Crippen LogP contribution in [0.3, 0.4) is 0 Å². The smallest absolute Gasteiger partial charge is 0.262 e. The van der Waals surface area contributed by atoms with Gasteiger partial charge in [-0.25, -0.2) is 0 Å². The van der Waals surface area contributed by atoms with E-state index in [0.717, 1.165) is 42.9 Å². The lowest BCUT2D eigenvalue weighted by molar-refractivity contribution is -0.136. The number of benzene rings is 2. The van der Waals surface area contributed by atoms with Crippen LogP contribution in [0.1, 0.15) is 57.5 Å². The molecule has 1 atom stereocenters. The number of rotatable bonds is 7. The van der Waals surface area contributed by atoms with Crippen LogP contribution in [0.15, 0.2) is 48.5 Å². The van der Waals surface area contributed by atoms with Crippen molar-refractivity contribution in [1.82, 2.24) is 20.4 Å². The molecule has 0 aromatic heterocycles. The number of fused-ring (bicyclic) bond motifs is 1. The van der Waals surface area contributed by atoms with E-state index in [2.05, 4.69) is 39.8 Å². The minimum atomic E-state index is -0.960. The van der Waals surface area contributed by atoms with E-state index in [1.165, 1.54) is 5.56 Å². The van der Waals surface area contributed by atoms with Crippen molar-refractivity contribution in [2.45, 2.75) is 50.4 Å². The standard InChI is InChI=1S/C27H31N5O4/c28-17-27(10-12-31(13-11-27)16-18-4-2-1-3-5-18)29-15-19-6-7-20-21(14-19)26(36)32(25(20)35)22-8-9-23(33)30-24(22)34/h1-7,14,22,29H,8-13,15-17,28H2,(H,30,33,34). The summed E-state index contributed by atoms with van der Waals surface area (Å²) in [7, 11) is 0. The van der Waals surface area contributed by atoms with Gasteiger partial charge in [0.2, 0.25) is 11.8 Å². The second-order valence-corrected chi connectivity index (χ2v) is 9.93. The van der Waals surface area contributed by atoms with Crippen LogP contribution in [-0.2, 0) is 22.7 Å². The highest BCUT2D eigenvalue weighted by Crippen LogP contribution is 2.29. The van der Waals surface area contributed by atoms with Crippen LogP contribution in [0, 0.1) is 0 Å². The molecule has 9 nitrogen and oxygen atoms in total. The van der Waals surface area contributed by atoms with E-state index in [9.17, 15) is 19.2 Å². The zero-order valence-corrected chi connectivity index (χ0v) is 20.2. The Balaban J connectivity index is 1.22. The predicted octanol–water partition coefficient (Wildman–Crippen LogP) is 1.17. The molecule has 2 fully saturated rings. The second-order valence-electron chi connectivity index (χ2n) is 9.93. The van der Waals surface area contributed by atoms with Gasteiger partial charge in [-0.2, -0.15) is 0 Å². The number of carbonyl (C=O) groups is 4. The van der Waals surface area contributed by atoms with Gasteiger partial charge in [0, 0.05) is 44.7 Å². The normalized spacial score (nSPS) is 22.0. The van der Waals surface area contributed by atoms with Gasteiger partial charge < -0.3 is 11.1 Å². The molecule has 4 amide bonds. The number of carbonyl (C=O) groups excluding carboxylic acids is 4. The lowest BCUT2D eigenvalue weighted by Crippen LogP contribution is -2.57. The van der Waals surface area contributed by atoms with E-state index in [1.54, 1.807) is 12.1 Å². The first-order valence-electron chi connectivity index (χ1n) is 12.4. The second kappa shape index (κ2) is 9.93. The Morgan fingerprint density at radius 2 is 1.67 bits per heavy atom. The fourth-order valence-corrected chi connectivity index (χ4v) is 5.35. The van der Waals surface area contributed by atoms with Crippen LogP contribution in [0.2, 0.25) is 0 Å².